The molecule has 0 spiro atoms. The number of benzene rings is 2. The number of rotatable bonds is 2. The second-order valence-electron chi connectivity index (χ2n) is 6.94. The molecule has 0 saturated carbocycles. The number of hydrogen-bond donors (Lipinski definition) is 0. The van der Waals surface area contributed by atoms with Gasteiger partial charge in [0.15, 0.2) is 0 Å². The topological polar surface area (TPSA) is 42.3 Å². The fourth-order valence-electron chi connectivity index (χ4n) is 3.70. The molecule has 138 valence electrons. The summed E-state index contributed by atoms with van der Waals surface area (Å²) >= 11 is 0. The zero-order chi connectivity index (χ0) is 18.8. The lowest BCUT2D eigenvalue weighted by Gasteiger charge is -2.23. The molecule has 0 radical (unpaired) electrons. The average molecular weight is 364 g/mol. The highest BCUT2D eigenvalue weighted by Crippen LogP contribution is 2.20. The van der Waals surface area contributed by atoms with Gasteiger partial charge in [-0.2, -0.15) is 0 Å². The second kappa shape index (κ2) is 7.35. The van der Waals surface area contributed by atoms with Gasteiger partial charge in [0.25, 0.3) is 11.5 Å². The van der Waals surface area contributed by atoms with E-state index in [9.17, 15) is 14.0 Å². The number of halogens is 1. The number of pyridine rings is 1. The highest BCUT2D eigenvalue weighted by molar-refractivity contribution is 5.97. The van der Waals surface area contributed by atoms with E-state index in [0.717, 1.165) is 31.1 Å². The van der Waals surface area contributed by atoms with Crippen LogP contribution in [0, 0.1) is 5.82 Å². The first kappa shape index (κ1) is 17.5. The summed E-state index contributed by atoms with van der Waals surface area (Å²) in [6, 6.07) is 14.7. The Morgan fingerprint density at radius 3 is 2.26 bits per heavy atom. The molecule has 1 fully saturated rings. The molecule has 1 aromatic heterocycles. The van der Waals surface area contributed by atoms with Gasteiger partial charge in [-0.3, -0.25) is 14.2 Å². The van der Waals surface area contributed by atoms with Gasteiger partial charge in [-0.05, 0) is 54.6 Å². The third kappa shape index (κ3) is 3.37. The van der Waals surface area contributed by atoms with E-state index in [1.807, 2.05) is 17.0 Å². The Morgan fingerprint density at radius 1 is 0.889 bits per heavy atom. The first-order valence-corrected chi connectivity index (χ1v) is 9.35. The Labute approximate surface area is 156 Å². The van der Waals surface area contributed by atoms with Gasteiger partial charge in [-0.15, -0.1) is 0 Å². The molecule has 0 unspecified atom stereocenters. The average Bonchev–Trinajstić information content (AvgIpc) is 2.98. The van der Waals surface area contributed by atoms with Crippen LogP contribution in [0.4, 0.5) is 4.39 Å². The molecule has 4 rings (SSSR count). The van der Waals surface area contributed by atoms with Gasteiger partial charge in [0.2, 0.25) is 0 Å². The van der Waals surface area contributed by atoms with Crippen LogP contribution in [0.1, 0.15) is 36.2 Å². The number of nitrogens with zero attached hydrogens (tertiary/aromatic N) is 2. The van der Waals surface area contributed by atoms with Gasteiger partial charge in [0, 0.05) is 24.2 Å². The zero-order valence-electron chi connectivity index (χ0n) is 15.0. The van der Waals surface area contributed by atoms with E-state index < -0.39 is 0 Å². The minimum atomic E-state index is -0.381. The van der Waals surface area contributed by atoms with Gasteiger partial charge in [0.1, 0.15) is 11.5 Å². The minimum Gasteiger partial charge on any atom is -0.337 e. The van der Waals surface area contributed by atoms with E-state index in [0.29, 0.717) is 29.9 Å². The Kier molecular flexibility index (Phi) is 4.75. The van der Waals surface area contributed by atoms with Crippen molar-refractivity contribution in [2.75, 3.05) is 13.1 Å². The van der Waals surface area contributed by atoms with Crippen molar-refractivity contribution >= 4 is 16.7 Å². The van der Waals surface area contributed by atoms with Crippen molar-refractivity contribution in [2.45, 2.75) is 25.7 Å². The molecule has 2 aromatic carbocycles. The number of hydrogen-bond acceptors (Lipinski definition) is 2. The maximum Gasteiger partial charge on any atom is 0.270 e. The highest BCUT2D eigenvalue weighted by atomic mass is 19.1. The number of amides is 1. The first-order chi connectivity index (χ1) is 13.1. The number of carbonyl (C=O) groups is 1. The summed E-state index contributed by atoms with van der Waals surface area (Å²) in [7, 11) is 0. The quantitative estimate of drug-likeness (QED) is 0.686. The molecule has 2 heterocycles. The fourth-order valence-corrected chi connectivity index (χ4v) is 3.70. The summed E-state index contributed by atoms with van der Waals surface area (Å²) < 4.78 is 14.8. The summed E-state index contributed by atoms with van der Waals surface area (Å²) in [6.07, 6.45) is 4.18. The summed E-state index contributed by atoms with van der Waals surface area (Å²) in [6.45, 7) is 1.40. The van der Waals surface area contributed by atoms with Crippen LogP contribution in [0.3, 0.4) is 0 Å². The number of fused-ring (bicyclic) bond motifs is 1. The van der Waals surface area contributed by atoms with Crippen molar-refractivity contribution < 1.29 is 9.18 Å². The molecule has 1 aliphatic heterocycles. The smallest absolute Gasteiger partial charge is 0.270 e. The molecule has 0 aliphatic carbocycles. The summed E-state index contributed by atoms with van der Waals surface area (Å²) in [5, 5.41) is 1.27. The van der Waals surface area contributed by atoms with Crippen molar-refractivity contribution in [1.82, 2.24) is 9.47 Å². The van der Waals surface area contributed by atoms with Crippen LogP contribution in [-0.2, 0) is 0 Å². The van der Waals surface area contributed by atoms with E-state index in [-0.39, 0.29) is 17.3 Å². The maximum absolute atomic E-state index is 13.4. The van der Waals surface area contributed by atoms with Gasteiger partial charge in [0.05, 0.1) is 0 Å². The third-order valence-corrected chi connectivity index (χ3v) is 5.12. The van der Waals surface area contributed by atoms with Crippen LogP contribution in [-0.4, -0.2) is 28.5 Å². The van der Waals surface area contributed by atoms with Gasteiger partial charge >= 0.3 is 0 Å². The summed E-state index contributed by atoms with van der Waals surface area (Å²) in [5.74, 6) is -0.530. The molecular formula is C22H21FN2O2. The first-order valence-electron chi connectivity index (χ1n) is 9.35. The Balaban J connectivity index is 1.92. The molecule has 5 heteroatoms. The van der Waals surface area contributed by atoms with Crippen LogP contribution < -0.4 is 5.56 Å². The standard InChI is InChI=1S/C22H21FN2O2/c23-17-9-11-18(12-10-17)25-20(22(27)24-13-5-1-2-6-14-24)15-16-7-3-4-8-19(16)21(25)26/h3-4,7-12,15H,1-2,5-6,13-14H2. The van der Waals surface area contributed by atoms with E-state index in [4.69, 9.17) is 0 Å². The predicted octanol–water partition coefficient (Wildman–Crippen LogP) is 4.15. The molecule has 1 amide bonds. The number of aromatic nitrogens is 1. The number of likely N-dealkylation sites (tertiary alicyclic amines) is 1. The van der Waals surface area contributed by atoms with Crippen LogP contribution in [0.15, 0.2) is 59.4 Å². The molecule has 4 nitrogen and oxygen atoms in total. The predicted molar refractivity (Wildman–Crippen MR) is 104 cm³/mol. The molecule has 0 atom stereocenters. The summed E-state index contributed by atoms with van der Waals surface area (Å²) in [4.78, 5) is 28.3. The Morgan fingerprint density at radius 2 is 1.56 bits per heavy atom. The molecule has 1 saturated heterocycles. The largest absolute Gasteiger partial charge is 0.337 e. The van der Waals surface area contributed by atoms with Crippen molar-refractivity contribution in [3.8, 4) is 5.69 Å². The lowest BCUT2D eigenvalue weighted by atomic mass is 10.1. The third-order valence-electron chi connectivity index (χ3n) is 5.12. The molecule has 1 aliphatic rings. The molecule has 0 N–H and O–H groups in total. The van der Waals surface area contributed by atoms with Gasteiger partial charge < -0.3 is 4.90 Å². The van der Waals surface area contributed by atoms with E-state index in [1.54, 1.807) is 18.2 Å². The van der Waals surface area contributed by atoms with Crippen LogP contribution in [0.5, 0.6) is 0 Å². The zero-order valence-corrected chi connectivity index (χ0v) is 15.0. The normalized spacial score (nSPS) is 14.9. The van der Waals surface area contributed by atoms with Crippen molar-refractivity contribution in [1.29, 1.82) is 0 Å². The lowest BCUT2D eigenvalue weighted by Crippen LogP contribution is -2.36. The number of carbonyl (C=O) groups excluding carboxylic acids is 1. The van der Waals surface area contributed by atoms with E-state index >= 15 is 0 Å². The Hall–Kier alpha value is -2.95. The highest BCUT2D eigenvalue weighted by Gasteiger charge is 2.23. The molecular weight excluding hydrogens is 343 g/mol. The van der Waals surface area contributed by atoms with Crippen LogP contribution in [0.25, 0.3) is 16.5 Å². The van der Waals surface area contributed by atoms with Crippen molar-refractivity contribution in [2.24, 2.45) is 0 Å². The van der Waals surface area contributed by atoms with Crippen LogP contribution >= 0.6 is 0 Å². The molecule has 3 aromatic rings. The molecule has 0 bridgehead atoms. The maximum atomic E-state index is 13.4. The van der Waals surface area contributed by atoms with E-state index in [2.05, 4.69) is 0 Å². The second-order valence-corrected chi connectivity index (χ2v) is 6.94. The Bertz CT molecular complexity index is 1030. The fraction of sp³-hybridized carbons (Fsp3) is 0.273. The van der Waals surface area contributed by atoms with E-state index in [1.165, 1.54) is 28.8 Å². The van der Waals surface area contributed by atoms with Crippen molar-refractivity contribution in [3.63, 3.8) is 0 Å². The van der Waals surface area contributed by atoms with Crippen molar-refractivity contribution in [3.05, 3.63) is 76.5 Å². The molecule has 27 heavy (non-hydrogen) atoms. The van der Waals surface area contributed by atoms with Gasteiger partial charge in [-0.1, -0.05) is 31.0 Å². The summed E-state index contributed by atoms with van der Waals surface area (Å²) in [5.41, 5.74) is 0.551. The van der Waals surface area contributed by atoms with Gasteiger partial charge in [-0.25, -0.2) is 4.39 Å². The lowest BCUT2D eigenvalue weighted by molar-refractivity contribution is 0.0752. The monoisotopic (exact) mass is 364 g/mol. The SMILES string of the molecule is O=C(c1cc2ccccc2c(=O)n1-c1ccc(F)cc1)N1CCCCCC1. The minimum absolute atomic E-state index is 0.149. The van der Waals surface area contributed by atoms with Crippen LogP contribution in [0.2, 0.25) is 0 Å².